The summed E-state index contributed by atoms with van der Waals surface area (Å²) >= 11 is 0. The summed E-state index contributed by atoms with van der Waals surface area (Å²) in [7, 11) is 1.59. The van der Waals surface area contributed by atoms with Crippen molar-refractivity contribution in [1.29, 1.82) is 0 Å². The molecular formula is C16H17NO3. The molecule has 1 amide bonds. The van der Waals surface area contributed by atoms with Crippen LogP contribution < -0.4 is 10.1 Å². The van der Waals surface area contributed by atoms with Crippen LogP contribution >= 0.6 is 0 Å². The van der Waals surface area contributed by atoms with Crippen LogP contribution in [0.2, 0.25) is 0 Å². The molecule has 0 aliphatic carbocycles. The first-order chi connectivity index (χ1) is 9.72. The SMILES string of the molecule is COc1ccc(C(=O)NCc2ccc(CO)cc2)cc1. The molecule has 0 aromatic heterocycles. The Morgan fingerprint density at radius 1 is 1.05 bits per heavy atom. The number of aliphatic hydroxyl groups excluding tert-OH is 1. The van der Waals surface area contributed by atoms with E-state index in [9.17, 15) is 4.79 Å². The van der Waals surface area contributed by atoms with Crippen molar-refractivity contribution in [2.45, 2.75) is 13.2 Å². The van der Waals surface area contributed by atoms with Crippen LogP contribution in [0, 0.1) is 0 Å². The molecule has 0 spiro atoms. The standard InChI is InChI=1S/C16H17NO3/c1-20-15-8-6-14(7-9-15)16(19)17-10-12-2-4-13(11-18)5-3-12/h2-9,18H,10-11H2,1H3,(H,17,19). The van der Waals surface area contributed by atoms with E-state index in [1.807, 2.05) is 24.3 Å². The summed E-state index contributed by atoms with van der Waals surface area (Å²) < 4.78 is 5.05. The van der Waals surface area contributed by atoms with Crippen LogP contribution in [0.3, 0.4) is 0 Å². The van der Waals surface area contributed by atoms with Gasteiger partial charge in [-0.3, -0.25) is 4.79 Å². The van der Waals surface area contributed by atoms with E-state index in [1.54, 1.807) is 31.4 Å². The average molecular weight is 271 g/mol. The molecule has 20 heavy (non-hydrogen) atoms. The van der Waals surface area contributed by atoms with Gasteiger partial charge in [-0.05, 0) is 35.4 Å². The third-order valence-electron chi connectivity index (χ3n) is 3.01. The molecule has 0 atom stereocenters. The molecule has 4 heteroatoms. The number of hydrogen-bond donors (Lipinski definition) is 2. The highest BCUT2D eigenvalue weighted by Gasteiger charge is 2.05. The molecule has 0 aliphatic heterocycles. The summed E-state index contributed by atoms with van der Waals surface area (Å²) in [6, 6.07) is 14.4. The highest BCUT2D eigenvalue weighted by Crippen LogP contribution is 2.11. The Morgan fingerprint density at radius 3 is 2.20 bits per heavy atom. The minimum Gasteiger partial charge on any atom is -0.497 e. The number of hydrogen-bond acceptors (Lipinski definition) is 3. The van der Waals surface area contributed by atoms with Gasteiger partial charge in [0.2, 0.25) is 0 Å². The van der Waals surface area contributed by atoms with Crippen LogP contribution in [-0.2, 0) is 13.2 Å². The van der Waals surface area contributed by atoms with Crippen molar-refractivity contribution in [3.8, 4) is 5.75 Å². The summed E-state index contributed by atoms with van der Waals surface area (Å²) in [4.78, 5) is 11.9. The van der Waals surface area contributed by atoms with Crippen LogP contribution in [0.5, 0.6) is 5.75 Å². The topological polar surface area (TPSA) is 58.6 Å². The van der Waals surface area contributed by atoms with E-state index in [0.29, 0.717) is 12.1 Å². The van der Waals surface area contributed by atoms with Gasteiger partial charge >= 0.3 is 0 Å². The van der Waals surface area contributed by atoms with E-state index in [-0.39, 0.29) is 12.5 Å². The Labute approximate surface area is 118 Å². The smallest absolute Gasteiger partial charge is 0.251 e. The highest BCUT2D eigenvalue weighted by atomic mass is 16.5. The molecule has 0 fully saturated rings. The number of carbonyl (C=O) groups is 1. The van der Waals surface area contributed by atoms with Crippen LogP contribution in [0.4, 0.5) is 0 Å². The van der Waals surface area contributed by atoms with Gasteiger partial charge in [0.1, 0.15) is 5.75 Å². The maximum atomic E-state index is 11.9. The number of methoxy groups -OCH3 is 1. The van der Waals surface area contributed by atoms with Gasteiger partial charge in [-0.25, -0.2) is 0 Å². The normalized spacial score (nSPS) is 10.1. The lowest BCUT2D eigenvalue weighted by atomic mass is 10.1. The van der Waals surface area contributed by atoms with E-state index >= 15 is 0 Å². The summed E-state index contributed by atoms with van der Waals surface area (Å²) in [6.07, 6.45) is 0. The van der Waals surface area contributed by atoms with Gasteiger partial charge in [0, 0.05) is 12.1 Å². The van der Waals surface area contributed by atoms with E-state index < -0.39 is 0 Å². The average Bonchev–Trinajstić information content (AvgIpc) is 2.53. The Kier molecular flexibility index (Phi) is 4.74. The molecule has 0 aliphatic rings. The van der Waals surface area contributed by atoms with E-state index in [2.05, 4.69) is 5.32 Å². The molecule has 0 saturated heterocycles. The minimum absolute atomic E-state index is 0.0263. The van der Waals surface area contributed by atoms with Gasteiger partial charge in [-0.2, -0.15) is 0 Å². The molecule has 2 N–H and O–H groups in total. The summed E-state index contributed by atoms with van der Waals surface area (Å²) in [5.41, 5.74) is 2.44. The van der Waals surface area contributed by atoms with E-state index in [1.165, 1.54) is 0 Å². The predicted molar refractivity (Wildman–Crippen MR) is 76.5 cm³/mol. The van der Waals surface area contributed by atoms with Gasteiger partial charge in [0.05, 0.1) is 13.7 Å². The van der Waals surface area contributed by atoms with Crippen molar-refractivity contribution in [3.05, 3.63) is 65.2 Å². The quantitative estimate of drug-likeness (QED) is 0.875. The molecule has 0 unspecified atom stereocenters. The van der Waals surface area contributed by atoms with Gasteiger partial charge in [-0.1, -0.05) is 24.3 Å². The van der Waals surface area contributed by atoms with Crippen molar-refractivity contribution in [2.24, 2.45) is 0 Å². The van der Waals surface area contributed by atoms with Crippen molar-refractivity contribution in [2.75, 3.05) is 7.11 Å². The first-order valence-corrected chi connectivity index (χ1v) is 6.34. The van der Waals surface area contributed by atoms with Gasteiger partial charge in [0.25, 0.3) is 5.91 Å². The second-order valence-electron chi connectivity index (χ2n) is 4.39. The fraction of sp³-hybridized carbons (Fsp3) is 0.188. The molecular weight excluding hydrogens is 254 g/mol. The Balaban J connectivity index is 1.93. The maximum Gasteiger partial charge on any atom is 0.251 e. The van der Waals surface area contributed by atoms with Gasteiger partial charge < -0.3 is 15.2 Å². The molecule has 2 aromatic carbocycles. The predicted octanol–water partition coefficient (Wildman–Crippen LogP) is 2.12. The number of carbonyl (C=O) groups excluding carboxylic acids is 1. The van der Waals surface area contributed by atoms with Gasteiger partial charge in [0.15, 0.2) is 0 Å². The fourth-order valence-corrected chi connectivity index (χ4v) is 1.79. The Hall–Kier alpha value is -2.33. The third kappa shape index (κ3) is 3.59. The Bertz CT molecular complexity index is 561. The molecule has 0 bridgehead atoms. The molecule has 4 nitrogen and oxygen atoms in total. The number of benzene rings is 2. The number of amides is 1. The van der Waals surface area contributed by atoms with Crippen molar-refractivity contribution in [1.82, 2.24) is 5.32 Å². The zero-order valence-corrected chi connectivity index (χ0v) is 11.3. The lowest BCUT2D eigenvalue weighted by molar-refractivity contribution is 0.0951. The van der Waals surface area contributed by atoms with Crippen LogP contribution in [0.25, 0.3) is 0 Å². The molecule has 0 saturated carbocycles. The zero-order chi connectivity index (χ0) is 14.4. The first-order valence-electron chi connectivity index (χ1n) is 6.34. The summed E-state index contributed by atoms with van der Waals surface area (Å²) in [6.45, 7) is 0.481. The molecule has 104 valence electrons. The van der Waals surface area contributed by atoms with Crippen LogP contribution in [-0.4, -0.2) is 18.1 Å². The van der Waals surface area contributed by atoms with Crippen molar-refractivity contribution >= 4 is 5.91 Å². The lowest BCUT2D eigenvalue weighted by Crippen LogP contribution is -2.22. The van der Waals surface area contributed by atoms with E-state index in [0.717, 1.165) is 16.9 Å². The summed E-state index contributed by atoms with van der Waals surface area (Å²) in [5, 5.41) is 11.8. The first kappa shape index (κ1) is 14.1. The number of aliphatic hydroxyl groups is 1. The van der Waals surface area contributed by atoms with Crippen LogP contribution in [0.1, 0.15) is 21.5 Å². The zero-order valence-electron chi connectivity index (χ0n) is 11.3. The largest absolute Gasteiger partial charge is 0.497 e. The second-order valence-corrected chi connectivity index (χ2v) is 4.39. The van der Waals surface area contributed by atoms with Crippen molar-refractivity contribution in [3.63, 3.8) is 0 Å². The molecule has 0 heterocycles. The highest BCUT2D eigenvalue weighted by molar-refractivity contribution is 5.94. The second kappa shape index (κ2) is 6.73. The third-order valence-corrected chi connectivity index (χ3v) is 3.01. The number of nitrogens with one attached hydrogen (secondary N) is 1. The van der Waals surface area contributed by atoms with Gasteiger partial charge in [-0.15, -0.1) is 0 Å². The molecule has 2 rings (SSSR count). The van der Waals surface area contributed by atoms with Crippen LogP contribution in [0.15, 0.2) is 48.5 Å². The maximum absolute atomic E-state index is 11.9. The lowest BCUT2D eigenvalue weighted by Gasteiger charge is -2.07. The number of ether oxygens (including phenoxy) is 1. The van der Waals surface area contributed by atoms with Crippen molar-refractivity contribution < 1.29 is 14.6 Å². The molecule has 0 radical (unpaired) electrons. The minimum atomic E-state index is -0.126. The monoisotopic (exact) mass is 271 g/mol. The summed E-state index contributed by atoms with van der Waals surface area (Å²) in [5.74, 6) is 0.597. The number of rotatable bonds is 5. The molecule has 2 aromatic rings. The fourth-order valence-electron chi connectivity index (χ4n) is 1.79. The Morgan fingerprint density at radius 2 is 1.65 bits per heavy atom. The van der Waals surface area contributed by atoms with E-state index in [4.69, 9.17) is 9.84 Å².